The minimum atomic E-state index is -0.492. The summed E-state index contributed by atoms with van der Waals surface area (Å²) < 4.78 is 16.8. The van der Waals surface area contributed by atoms with E-state index in [2.05, 4.69) is 37.9 Å². The lowest BCUT2D eigenvalue weighted by atomic mass is 9.42. The van der Waals surface area contributed by atoms with Crippen molar-refractivity contribution in [2.75, 3.05) is 13.2 Å². The van der Waals surface area contributed by atoms with Crippen LogP contribution in [0.3, 0.4) is 0 Å². The van der Waals surface area contributed by atoms with Gasteiger partial charge in [-0.2, -0.15) is 0 Å². The van der Waals surface area contributed by atoms with Crippen LogP contribution in [0.25, 0.3) is 5.57 Å². The Morgan fingerprint density at radius 3 is 2.77 bits per heavy atom. The molecule has 2 heterocycles. The number of nitrogens with zero attached hydrogens (tertiary/aromatic N) is 1. The molecule has 0 radical (unpaired) electrons. The molecule has 4 aliphatic rings. The lowest BCUT2D eigenvalue weighted by Crippen LogP contribution is -2.62. The number of aromatic nitrogens is 1. The molecule has 6 unspecified atom stereocenters. The monoisotopic (exact) mass is 411 g/mol. The van der Waals surface area contributed by atoms with Crippen LogP contribution in [-0.4, -0.2) is 30.5 Å². The molecule has 0 N–H and O–H groups in total. The van der Waals surface area contributed by atoms with Gasteiger partial charge in [-0.3, -0.25) is 4.98 Å². The molecule has 162 valence electrons. The molecule has 1 aromatic rings. The lowest BCUT2D eigenvalue weighted by Gasteiger charge is -2.64. The molecule has 1 aliphatic heterocycles. The SMILES string of the molecule is CCOc1cncc(C2=CCC3C2(C)CCC2C4(C)COC(=O)OC4CCC32C)c1. The third-order valence-electron chi connectivity index (χ3n) is 9.04. The van der Waals surface area contributed by atoms with E-state index in [9.17, 15) is 4.79 Å². The Hall–Kier alpha value is -2.04. The van der Waals surface area contributed by atoms with E-state index in [1.54, 1.807) is 6.20 Å². The van der Waals surface area contributed by atoms with E-state index >= 15 is 0 Å². The minimum Gasteiger partial charge on any atom is -0.492 e. The molecule has 1 aromatic heterocycles. The fraction of sp³-hybridized carbons (Fsp3) is 0.680. The molecule has 0 aromatic carbocycles. The molecule has 5 rings (SSSR count). The number of cyclic esters (lactones) is 1. The molecular weight excluding hydrogens is 378 g/mol. The zero-order valence-corrected chi connectivity index (χ0v) is 18.6. The molecule has 0 bridgehead atoms. The number of fused-ring (bicyclic) bond motifs is 5. The summed E-state index contributed by atoms with van der Waals surface area (Å²) in [6.45, 7) is 10.4. The van der Waals surface area contributed by atoms with Crippen molar-refractivity contribution in [2.45, 2.75) is 65.9 Å². The molecule has 3 aliphatic carbocycles. The van der Waals surface area contributed by atoms with E-state index in [1.807, 2.05) is 13.1 Å². The summed E-state index contributed by atoms with van der Waals surface area (Å²) in [5, 5.41) is 0. The van der Waals surface area contributed by atoms with Crippen LogP contribution >= 0.6 is 0 Å². The number of hydrogen-bond acceptors (Lipinski definition) is 5. The number of pyridine rings is 1. The first-order chi connectivity index (χ1) is 14.3. The van der Waals surface area contributed by atoms with E-state index in [-0.39, 0.29) is 22.3 Å². The van der Waals surface area contributed by atoms with Gasteiger partial charge in [-0.25, -0.2) is 4.79 Å². The number of allylic oxidation sites excluding steroid dienone is 2. The predicted octanol–water partition coefficient (Wildman–Crippen LogP) is 5.64. The van der Waals surface area contributed by atoms with Gasteiger partial charge in [0.1, 0.15) is 18.5 Å². The van der Waals surface area contributed by atoms with Crippen LogP contribution in [0.2, 0.25) is 0 Å². The number of rotatable bonds is 3. The topological polar surface area (TPSA) is 57.7 Å². The Morgan fingerprint density at radius 1 is 1.13 bits per heavy atom. The zero-order chi connectivity index (χ0) is 21.1. The van der Waals surface area contributed by atoms with Crippen molar-refractivity contribution in [1.29, 1.82) is 0 Å². The van der Waals surface area contributed by atoms with Gasteiger partial charge in [0, 0.05) is 11.6 Å². The molecule has 3 fully saturated rings. The smallest absolute Gasteiger partial charge is 0.492 e. The summed E-state index contributed by atoms with van der Waals surface area (Å²) in [6.07, 6.45) is 11.1. The van der Waals surface area contributed by atoms with Gasteiger partial charge < -0.3 is 14.2 Å². The quantitative estimate of drug-likeness (QED) is 0.602. The second kappa shape index (κ2) is 6.73. The van der Waals surface area contributed by atoms with E-state index in [0.717, 1.165) is 37.9 Å². The molecule has 5 nitrogen and oxygen atoms in total. The molecule has 30 heavy (non-hydrogen) atoms. The van der Waals surface area contributed by atoms with Gasteiger partial charge in [-0.15, -0.1) is 0 Å². The molecule has 0 amide bonds. The standard InChI is InChI=1S/C25H33NO4/c1-5-28-17-12-16(13-26-14-17)18-6-7-19-23(18,2)10-8-20-24(19,3)11-9-21-25(20,4)15-29-22(27)30-21/h6,12-14,19-21H,5,7-11,15H2,1-4H3. The van der Waals surface area contributed by atoms with Gasteiger partial charge in [0.2, 0.25) is 0 Å². The van der Waals surface area contributed by atoms with Crippen molar-refractivity contribution in [3.63, 3.8) is 0 Å². The highest BCUT2D eigenvalue weighted by Gasteiger charge is 2.65. The number of carbonyl (C=O) groups excluding carboxylic acids is 1. The number of carbonyl (C=O) groups is 1. The zero-order valence-electron chi connectivity index (χ0n) is 18.6. The fourth-order valence-corrected chi connectivity index (χ4v) is 7.68. The largest absolute Gasteiger partial charge is 0.508 e. The van der Waals surface area contributed by atoms with E-state index in [4.69, 9.17) is 14.2 Å². The average Bonchev–Trinajstić information content (AvgIpc) is 3.07. The normalized spacial score (nSPS) is 42.2. The minimum absolute atomic E-state index is 0.0120. The molecule has 6 atom stereocenters. The summed E-state index contributed by atoms with van der Waals surface area (Å²) in [7, 11) is 0. The van der Waals surface area contributed by atoms with Crippen molar-refractivity contribution >= 4 is 11.7 Å². The van der Waals surface area contributed by atoms with Gasteiger partial charge in [0.05, 0.1) is 12.8 Å². The van der Waals surface area contributed by atoms with Gasteiger partial charge in [-0.1, -0.05) is 26.8 Å². The van der Waals surface area contributed by atoms with Gasteiger partial charge in [0.25, 0.3) is 0 Å². The fourth-order valence-electron chi connectivity index (χ4n) is 7.68. The summed E-state index contributed by atoms with van der Waals surface area (Å²) in [5.41, 5.74) is 2.87. The Kier molecular flexibility index (Phi) is 4.46. The van der Waals surface area contributed by atoms with Crippen molar-refractivity contribution in [3.8, 4) is 5.75 Å². The first kappa shape index (κ1) is 19.9. The van der Waals surface area contributed by atoms with Crippen LogP contribution in [0, 0.1) is 28.1 Å². The third-order valence-corrected chi connectivity index (χ3v) is 9.04. The Balaban J connectivity index is 1.47. The van der Waals surface area contributed by atoms with Crippen molar-refractivity contribution in [1.82, 2.24) is 4.98 Å². The highest BCUT2D eigenvalue weighted by Crippen LogP contribution is 2.70. The molecule has 1 saturated heterocycles. The van der Waals surface area contributed by atoms with Crippen LogP contribution in [-0.2, 0) is 9.47 Å². The highest BCUT2D eigenvalue weighted by atomic mass is 16.7. The molecular formula is C25H33NO4. The maximum absolute atomic E-state index is 11.7. The maximum Gasteiger partial charge on any atom is 0.508 e. The Morgan fingerprint density at radius 2 is 1.97 bits per heavy atom. The molecule has 0 spiro atoms. The van der Waals surface area contributed by atoms with E-state index < -0.39 is 6.16 Å². The first-order valence-electron chi connectivity index (χ1n) is 11.4. The van der Waals surface area contributed by atoms with E-state index in [1.165, 1.54) is 11.1 Å². The Labute approximate surface area is 179 Å². The second-order valence-corrected chi connectivity index (χ2v) is 10.5. The summed E-state index contributed by atoms with van der Waals surface area (Å²) in [4.78, 5) is 16.2. The third kappa shape index (κ3) is 2.66. The van der Waals surface area contributed by atoms with Crippen LogP contribution in [0.1, 0.15) is 65.4 Å². The summed E-state index contributed by atoms with van der Waals surface area (Å²) >= 11 is 0. The van der Waals surface area contributed by atoms with Crippen LogP contribution in [0.5, 0.6) is 5.75 Å². The van der Waals surface area contributed by atoms with Crippen LogP contribution in [0.15, 0.2) is 24.5 Å². The van der Waals surface area contributed by atoms with Gasteiger partial charge in [-0.05, 0) is 78.9 Å². The average molecular weight is 412 g/mol. The van der Waals surface area contributed by atoms with Crippen molar-refractivity contribution in [2.24, 2.45) is 28.1 Å². The van der Waals surface area contributed by atoms with Crippen LogP contribution in [0.4, 0.5) is 4.79 Å². The summed E-state index contributed by atoms with van der Waals surface area (Å²) in [5.74, 6) is 1.91. The number of hydrogen-bond donors (Lipinski definition) is 0. The van der Waals surface area contributed by atoms with Crippen molar-refractivity contribution < 1.29 is 19.0 Å². The molecule has 5 heteroatoms. The van der Waals surface area contributed by atoms with Gasteiger partial charge >= 0.3 is 6.16 Å². The summed E-state index contributed by atoms with van der Waals surface area (Å²) in [6, 6.07) is 2.15. The van der Waals surface area contributed by atoms with Crippen molar-refractivity contribution in [3.05, 3.63) is 30.1 Å². The second-order valence-electron chi connectivity index (χ2n) is 10.5. The predicted molar refractivity (Wildman–Crippen MR) is 114 cm³/mol. The molecule has 2 saturated carbocycles. The van der Waals surface area contributed by atoms with Gasteiger partial charge in [0.15, 0.2) is 0 Å². The lowest BCUT2D eigenvalue weighted by molar-refractivity contribution is -0.209. The highest BCUT2D eigenvalue weighted by molar-refractivity contribution is 5.73. The van der Waals surface area contributed by atoms with Crippen LogP contribution < -0.4 is 4.74 Å². The Bertz CT molecular complexity index is 897. The maximum atomic E-state index is 11.7. The number of ether oxygens (including phenoxy) is 3. The first-order valence-corrected chi connectivity index (χ1v) is 11.4. The van der Waals surface area contributed by atoms with E-state index in [0.29, 0.717) is 25.0 Å².